The van der Waals surface area contributed by atoms with Gasteiger partial charge in [-0.3, -0.25) is 0 Å². The first-order valence-electron chi connectivity index (χ1n) is 4.60. The monoisotopic (exact) mass is 307 g/mol. The number of fused-ring (bicyclic) bond motifs is 1. The molecule has 0 spiro atoms. The molecule has 0 unspecified atom stereocenters. The Balaban J connectivity index is 2.56. The van der Waals surface area contributed by atoms with E-state index in [9.17, 15) is 8.42 Å². The van der Waals surface area contributed by atoms with Crippen molar-refractivity contribution in [2.75, 3.05) is 13.2 Å². The van der Waals surface area contributed by atoms with Crippen LogP contribution in [0.25, 0.3) is 0 Å². The minimum absolute atomic E-state index is 0.00301. The third kappa shape index (κ3) is 2.31. The number of rotatable bonds is 1. The Bertz CT molecular complexity index is 514. The Morgan fingerprint density at radius 3 is 2.31 bits per heavy atom. The minimum Gasteiger partial charge on any atom is -0.490 e. The van der Waals surface area contributed by atoms with E-state index in [1.165, 1.54) is 6.07 Å². The summed E-state index contributed by atoms with van der Waals surface area (Å²) in [7, 11) is -3.76. The Kier molecular flexibility index (Phi) is 3.09. The Labute approximate surface area is 102 Å². The predicted octanol–water partition coefficient (Wildman–Crippen LogP) is 1.26. The summed E-state index contributed by atoms with van der Waals surface area (Å²) in [6.07, 6.45) is 0.761. The zero-order chi connectivity index (χ0) is 11.8. The van der Waals surface area contributed by atoms with Gasteiger partial charge in [-0.25, -0.2) is 13.6 Å². The lowest BCUT2D eigenvalue weighted by molar-refractivity contribution is 0.297. The molecule has 88 valence electrons. The summed E-state index contributed by atoms with van der Waals surface area (Å²) in [5.74, 6) is 0.932. The zero-order valence-corrected chi connectivity index (χ0v) is 10.7. The van der Waals surface area contributed by atoms with E-state index in [0.717, 1.165) is 6.42 Å². The average Bonchev–Trinajstić information content (AvgIpc) is 2.39. The van der Waals surface area contributed by atoms with E-state index < -0.39 is 10.0 Å². The minimum atomic E-state index is -3.76. The van der Waals surface area contributed by atoms with Gasteiger partial charge in [0.15, 0.2) is 11.5 Å². The lowest BCUT2D eigenvalue weighted by atomic mass is 10.3. The van der Waals surface area contributed by atoms with Crippen molar-refractivity contribution in [2.24, 2.45) is 5.14 Å². The van der Waals surface area contributed by atoms with Crippen molar-refractivity contribution in [3.8, 4) is 11.5 Å². The Morgan fingerprint density at radius 2 is 1.75 bits per heavy atom. The van der Waals surface area contributed by atoms with Gasteiger partial charge in [0.1, 0.15) is 0 Å². The van der Waals surface area contributed by atoms with Gasteiger partial charge < -0.3 is 9.47 Å². The molecule has 7 heteroatoms. The summed E-state index contributed by atoms with van der Waals surface area (Å²) in [5.41, 5.74) is 0. The quantitative estimate of drug-likeness (QED) is 0.847. The molecule has 0 atom stereocenters. The van der Waals surface area contributed by atoms with Gasteiger partial charge in [-0.05, 0) is 22.0 Å². The predicted molar refractivity (Wildman–Crippen MR) is 61.1 cm³/mol. The number of halogens is 1. The molecule has 1 aliphatic heterocycles. The second-order valence-electron chi connectivity index (χ2n) is 3.32. The highest BCUT2D eigenvalue weighted by Crippen LogP contribution is 2.36. The van der Waals surface area contributed by atoms with Gasteiger partial charge in [0, 0.05) is 17.0 Å². The van der Waals surface area contributed by atoms with Gasteiger partial charge in [0.05, 0.1) is 18.1 Å². The Hall–Kier alpha value is -0.790. The van der Waals surface area contributed by atoms with Gasteiger partial charge in [0.2, 0.25) is 10.0 Å². The van der Waals surface area contributed by atoms with Crippen molar-refractivity contribution in [1.29, 1.82) is 0 Å². The molecule has 0 radical (unpaired) electrons. The molecular weight excluding hydrogens is 298 g/mol. The van der Waals surface area contributed by atoms with Crippen molar-refractivity contribution < 1.29 is 17.9 Å². The van der Waals surface area contributed by atoms with Crippen LogP contribution in [0.3, 0.4) is 0 Å². The third-order valence-corrected chi connectivity index (χ3v) is 3.98. The van der Waals surface area contributed by atoms with E-state index in [2.05, 4.69) is 15.9 Å². The molecule has 0 saturated heterocycles. The van der Waals surface area contributed by atoms with Gasteiger partial charge in [0.25, 0.3) is 0 Å². The van der Waals surface area contributed by atoms with Crippen LogP contribution in [0.1, 0.15) is 6.42 Å². The van der Waals surface area contributed by atoms with Crippen LogP contribution in [0.5, 0.6) is 11.5 Å². The number of sulfonamides is 1. The molecule has 1 aromatic rings. The van der Waals surface area contributed by atoms with E-state index in [4.69, 9.17) is 14.6 Å². The first-order chi connectivity index (χ1) is 7.48. The number of hydrogen-bond donors (Lipinski definition) is 1. The van der Waals surface area contributed by atoms with E-state index in [0.29, 0.717) is 29.2 Å². The molecule has 1 aliphatic rings. The van der Waals surface area contributed by atoms with Crippen molar-refractivity contribution in [1.82, 2.24) is 0 Å². The van der Waals surface area contributed by atoms with Crippen LogP contribution >= 0.6 is 15.9 Å². The number of nitrogens with two attached hydrogens (primary N) is 1. The molecular formula is C9H10BrNO4S. The topological polar surface area (TPSA) is 78.6 Å². The summed E-state index contributed by atoms with van der Waals surface area (Å²) in [6.45, 7) is 1.05. The van der Waals surface area contributed by atoms with Crippen LogP contribution in [0.2, 0.25) is 0 Å². The molecule has 0 aromatic heterocycles. The second-order valence-corrected chi connectivity index (χ2v) is 5.71. The maximum Gasteiger partial charge on any atom is 0.239 e. The van der Waals surface area contributed by atoms with Crippen LogP contribution in [0.15, 0.2) is 21.5 Å². The highest BCUT2D eigenvalue weighted by atomic mass is 79.9. The van der Waals surface area contributed by atoms with Gasteiger partial charge in [-0.2, -0.15) is 0 Å². The standard InChI is InChI=1S/C9H10BrNO4S/c10-6-4-7-8(15-3-1-2-14-7)5-9(6)16(11,12)13/h4-5H,1-3H2,(H2,11,12,13). The van der Waals surface area contributed by atoms with Crippen molar-refractivity contribution in [3.05, 3.63) is 16.6 Å². The molecule has 0 amide bonds. The first-order valence-corrected chi connectivity index (χ1v) is 6.94. The lowest BCUT2D eigenvalue weighted by Crippen LogP contribution is -2.13. The van der Waals surface area contributed by atoms with E-state index in [1.807, 2.05) is 0 Å². The largest absolute Gasteiger partial charge is 0.490 e. The molecule has 16 heavy (non-hydrogen) atoms. The molecule has 5 nitrogen and oxygen atoms in total. The van der Waals surface area contributed by atoms with E-state index >= 15 is 0 Å². The highest BCUT2D eigenvalue weighted by Gasteiger charge is 2.19. The molecule has 0 fully saturated rings. The highest BCUT2D eigenvalue weighted by molar-refractivity contribution is 9.10. The first kappa shape index (κ1) is 11.7. The lowest BCUT2D eigenvalue weighted by Gasteiger charge is -2.10. The fourth-order valence-corrected chi connectivity index (χ4v) is 2.98. The van der Waals surface area contributed by atoms with Crippen LogP contribution in [0.4, 0.5) is 0 Å². The average molecular weight is 308 g/mol. The number of primary sulfonamides is 1. The third-order valence-electron chi connectivity index (χ3n) is 2.11. The Morgan fingerprint density at radius 1 is 1.19 bits per heavy atom. The maximum absolute atomic E-state index is 11.3. The normalized spacial score (nSPS) is 15.6. The number of hydrogen-bond acceptors (Lipinski definition) is 4. The molecule has 0 aliphatic carbocycles. The summed E-state index contributed by atoms with van der Waals surface area (Å²) in [4.78, 5) is -0.00301. The van der Waals surface area contributed by atoms with Gasteiger partial charge >= 0.3 is 0 Å². The fraction of sp³-hybridized carbons (Fsp3) is 0.333. The van der Waals surface area contributed by atoms with Crippen molar-refractivity contribution in [3.63, 3.8) is 0 Å². The summed E-state index contributed by atoms with van der Waals surface area (Å²) in [5, 5.41) is 5.08. The molecule has 2 N–H and O–H groups in total. The van der Waals surface area contributed by atoms with Crippen molar-refractivity contribution in [2.45, 2.75) is 11.3 Å². The molecule has 0 bridgehead atoms. The molecule has 1 heterocycles. The maximum atomic E-state index is 11.3. The summed E-state index contributed by atoms with van der Waals surface area (Å²) < 4.78 is 33.7. The zero-order valence-electron chi connectivity index (χ0n) is 8.27. The smallest absolute Gasteiger partial charge is 0.239 e. The van der Waals surface area contributed by atoms with E-state index in [1.54, 1.807) is 6.07 Å². The van der Waals surface area contributed by atoms with Crippen LogP contribution in [-0.4, -0.2) is 21.6 Å². The van der Waals surface area contributed by atoms with Gasteiger partial charge in [-0.1, -0.05) is 0 Å². The number of benzene rings is 1. The molecule has 0 saturated carbocycles. The second kappa shape index (κ2) is 4.23. The van der Waals surface area contributed by atoms with E-state index in [-0.39, 0.29) is 4.90 Å². The van der Waals surface area contributed by atoms with Crippen LogP contribution in [-0.2, 0) is 10.0 Å². The van der Waals surface area contributed by atoms with Gasteiger partial charge in [-0.15, -0.1) is 0 Å². The van der Waals surface area contributed by atoms with Crippen LogP contribution < -0.4 is 14.6 Å². The SMILES string of the molecule is NS(=O)(=O)c1cc2c(cc1Br)OCCCO2. The number of ether oxygens (including phenoxy) is 2. The van der Waals surface area contributed by atoms with Crippen molar-refractivity contribution >= 4 is 26.0 Å². The molecule has 1 aromatic carbocycles. The van der Waals surface area contributed by atoms with Crippen LogP contribution in [0, 0.1) is 0 Å². The summed E-state index contributed by atoms with van der Waals surface area (Å²) in [6, 6.07) is 2.93. The molecule has 2 rings (SSSR count). The summed E-state index contributed by atoms with van der Waals surface area (Å²) >= 11 is 3.14. The fourth-order valence-electron chi connectivity index (χ4n) is 1.38.